The standard InChI is InChI=1S/C9H10ClNO4S/c1-11-8(9(12)13)16(14,15)7-4-2-3-6(10)5-7/h2-5,8,11H,1H3,(H,12,13). The molecule has 0 saturated carbocycles. The molecule has 0 fully saturated rings. The smallest absolute Gasteiger partial charge is 0.336 e. The Morgan fingerprint density at radius 3 is 2.56 bits per heavy atom. The van der Waals surface area contributed by atoms with Gasteiger partial charge in [-0.2, -0.15) is 0 Å². The number of carbonyl (C=O) groups is 1. The normalized spacial score (nSPS) is 13.4. The van der Waals surface area contributed by atoms with Gasteiger partial charge < -0.3 is 5.11 Å². The third kappa shape index (κ3) is 2.52. The van der Waals surface area contributed by atoms with E-state index in [1.165, 1.54) is 31.3 Å². The molecule has 1 rings (SSSR count). The number of sulfone groups is 1. The van der Waals surface area contributed by atoms with Gasteiger partial charge in [-0.25, -0.2) is 13.2 Å². The highest BCUT2D eigenvalue weighted by Gasteiger charge is 2.32. The summed E-state index contributed by atoms with van der Waals surface area (Å²) in [6, 6.07) is 5.47. The van der Waals surface area contributed by atoms with E-state index in [2.05, 4.69) is 5.32 Å². The van der Waals surface area contributed by atoms with Crippen LogP contribution in [0.25, 0.3) is 0 Å². The van der Waals surface area contributed by atoms with Crippen LogP contribution < -0.4 is 5.32 Å². The minimum Gasteiger partial charge on any atom is -0.479 e. The Labute approximate surface area is 98.0 Å². The van der Waals surface area contributed by atoms with Crippen LogP contribution in [-0.4, -0.2) is 31.9 Å². The molecule has 1 atom stereocenters. The molecule has 1 unspecified atom stereocenters. The van der Waals surface area contributed by atoms with E-state index in [1.807, 2.05) is 0 Å². The highest BCUT2D eigenvalue weighted by Crippen LogP contribution is 2.19. The van der Waals surface area contributed by atoms with E-state index < -0.39 is 21.2 Å². The third-order valence-corrected chi connectivity index (χ3v) is 4.13. The van der Waals surface area contributed by atoms with Crippen LogP contribution >= 0.6 is 11.6 Å². The number of hydrogen-bond acceptors (Lipinski definition) is 4. The van der Waals surface area contributed by atoms with Gasteiger partial charge in [-0.1, -0.05) is 17.7 Å². The first-order chi connectivity index (χ1) is 7.39. The Bertz CT molecular complexity index is 500. The van der Waals surface area contributed by atoms with Gasteiger partial charge in [0.05, 0.1) is 4.90 Å². The van der Waals surface area contributed by atoms with E-state index in [-0.39, 0.29) is 9.92 Å². The predicted octanol–water partition coefficient (Wildman–Crippen LogP) is 0.744. The zero-order valence-corrected chi connectivity index (χ0v) is 9.92. The molecule has 16 heavy (non-hydrogen) atoms. The molecule has 0 aliphatic heterocycles. The topological polar surface area (TPSA) is 83.5 Å². The molecule has 0 aliphatic rings. The summed E-state index contributed by atoms with van der Waals surface area (Å²) in [7, 11) is -2.70. The zero-order chi connectivity index (χ0) is 12.3. The Hall–Kier alpha value is -1.11. The van der Waals surface area contributed by atoms with Crippen molar-refractivity contribution in [2.45, 2.75) is 10.3 Å². The summed E-state index contributed by atoms with van der Waals surface area (Å²) in [6.07, 6.45) is 0. The fourth-order valence-corrected chi connectivity index (χ4v) is 2.85. The average molecular weight is 264 g/mol. The number of hydrogen-bond donors (Lipinski definition) is 2. The first-order valence-corrected chi connectivity index (χ1v) is 6.21. The van der Waals surface area contributed by atoms with E-state index in [1.54, 1.807) is 0 Å². The molecule has 1 aromatic carbocycles. The van der Waals surface area contributed by atoms with Gasteiger partial charge in [-0.05, 0) is 25.2 Å². The Morgan fingerprint density at radius 1 is 1.50 bits per heavy atom. The van der Waals surface area contributed by atoms with Crippen molar-refractivity contribution in [3.63, 3.8) is 0 Å². The number of halogens is 1. The summed E-state index contributed by atoms with van der Waals surface area (Å²) in [4.78, 5) is 10.6. The Kier molecular flexibility index (Phi) is 3.90. The van der Waals surface area contributed by atoms with E-state index >= 15 is 0 Å². The lowest BCUT2D eigenvalue weighted by atomic mass is 10.4. The van der Waals surface area contributed by atoms with Crippen LogP contribution in [0.2, 0.25) is 5.02 Å². The first-order valence-electron chi connectivity index (χ1n) is 4.29. The van der Waals surface area contributed by atoms with E-state index in [0.29, 0.717) is 0 Å². The van der Waals surface area contributed by atoms with E-state index in [9.17, 15) is 13.2 Å². The first kappa shape index (κ1) is 13.0. The zero-order valence-electron chi connectivity index (χ0n) is 8.34. The maximum absolute atomic E-state index is 11.9. The van der Waals surface area contributed by atoms with Crippen LogP contribution in [0.3, 0.4) is 0 Å². The number of likely N-dealkylation sites (N-methyl/N-ethyl adjacent to an activating group) is 1. The van der Waals surface area contributed by atoms with E-state index in [0.717, 1.165) is 0 Å². The van der Waals surface area contributed by atoms with Gasteiger partial charge in [0.1, 0.15) is 0 Å². The van der Waals surface area contributed by atoms with Crippen molar-refractivity contribution in [1.29, 1.82) is 0 Å². The van der Waals surface area contributed by atoms with Gasteiger partial charge in [0.25, 0.3) is 0 Å². The van der Waals surface area contributed by atoms with Gasteiger partial charge >= 0.3 is 5.97 Å². The Balaban J connectivity index is 3.25. The van der Waals surface area contributed by atoms with Gasteiger partial charge in [-0.3, -0.25) is 5.32 Å². The second kappa shape index (κ2) is 4.82. The molecule has 2 N–H and O–H groups in total. The number of carboxylic acids is 1. The van der Waals surface area contributed by atoms with Crippen molar-refractivity contribution in [2.24, 2.45) is 0 Å². The molecule has 0 saturated heterocycles. The van der Waals surface area contributed by atoms with Gasteiger partial charge in [-0.15, -0.1) is 0 Å². The molecule has 0 heterocycles. The minimum atomic E-state index is -3.97. The van der Waals surface area contributed by atoms with E-state index in [4.69, 9.17) is 16.7 Å². The fraction of sp³-hybridized carbons (Fsp3) is 0.222. The minimum absolute atomic E-state index is 0.123. The molecule has 1 aromatic rings. The predicted molar refractivity (Wildman–Crippen MR) is 59.1 cm³/mol. The molecule has 0 radical (unpaired) electrons. The molecule has 5 nitrogen and oxygen atoms in total. The molecule has 0 amide bonds. The van der Waals surface area contributed by atoms with Crippen molar-refractivity contribution < 1.29 is 18.3 Å². The molecular formula is C9H10ClNO4S. The van der Waals surface area contributed by atoms with Crippen LogP contribution in [0, 0.1) is 0 Å². The van der Waals surface area contributed by atoms with Crippen LogP contribution in [0.4, 0.5) is 0 Å². The van der Waals surface area contributed by atoms with Crippen molar-refractivity contribution in [1.82, 2.24) is 5.32 Å². The Morgan fingerprint density at radius 2 is 2.12 bits per heavy atom. The fourth-order valence-electron chi connectivity index (χ4n) is 1.19. The quantitative estimate of drug-likeness (QED) is 0.837. The molecule has 0 spiro atoms. The van der Waals surface area contributed by atoms with Gasteiger partial charge in [0.2, 0.25) is 15.2 Å². The molecule has 88 valence electrons. The largest absolute Gasteiger partial charge is 0.479 e. The highest BCUT2D eigenvalue weighted by atomic mass is 35.5. The number of carboxylic acid groups (broad SMARTS) is 1. The van der Waals surface area contributed by atoms with Crippen LogP contribution in [0.15, 0.2) is 29.2 Å². The second-order valence-corrected chi connectivity index (χ2v) is 5.48. The molecule has 0 aliphatic carbocycles. The van der Waals surface area contributed by atoms with Crippen molar-refractivity contribution >= 4 is 27.4 Å². The van der Waals surface area contributed by atoms with Crippen molar-refractivity contribution in [3.8, 4) is 0 Å². The summed E-state index contributed by atoms with van der Waals surface area (Å²) in [5, 5.41) is 9.56. The number of aliphatic carboxylic acids is 1. The maximum Gasteiger partial charge on any atom is 0.336 e. The lowest BCUT2D eigenvalue weighted by molar-refractivity contribution is -0.137. The van der Waals surface area contributed by atoms with Crippen LogP contribution in [0.1, 0.15) is 0 Å². The monoisotopic (exact) mass is 263 g/mol. The molecule has 7 heteroatoms. The number of nitrogens with one attached hydrogen (secondary N) is 1. The molecule has 0 aromatic heterocycles. The molecule has 0 bridgehead atoms. The lowest BCUT2D eigenvalue weighted by Crippen LogP contribution is -2.41. The average Bonchev–Trinajstić information content (AvgIpc) is 2.17. The second-order valence-electron chi connectivity index (χ2n) is 3.01. The summed E-state index contributed by atoms with van der Waals surface area (Å²) < 4.78 is 23.7. The van der Waals surface area contributed by atoms with Crippen molar-refractivity contribution in [3.05, 3.63) is 29.3 Å². The summed E-state index contributed by atoms with van der Waals surface area (Å²) in [5.41, 5.74) is 0. The van der Waals surface area contributed by atoms with Gasteiger partial charge in [0, 0.05) is 5.02 Å². The summed E-state index contributed by atoms with van der Waals surface area (Å²) >= 11 is 5.65. The number of benzene rings is 1. The highest BCUT2D eigenvalue weighted by molar-refractivity contribution is 7.92. The van der Waals surface area contributed by atoms with Crippen LogP contribution in [0.5, 0.6) is 0 Å². The summed E-state index contributed by atoms with van der Waals surface area (Å²) in [5.74, 6) is -1.46. The molecular weight excluding hydrogens is 254 g/mol. The summed E-state index contributed by atoms with van der Waals surface area (Å²) in [6.45, 7) is 0. The van der Waals surface area contributed by atoms with Crippen LogP contribution in [-0.2, 0) is 14.6 Å². The lowest BCUT2D eigenvalue weighted by Gasteiger charge is -2.12. The maximum atomic E-state index is 11.9. The SMILES string of the molecule is CNC(C(=O)O)S(=O)(=O)c1cccc(Cl)c1. The third-order valence-electron chi connectivity index (χ3n) is 1.92. The van der Waals surface area contributed by atoms with Crippen molar-refractivity contribution in [2.75, 3.05) is 7.05 Å². The van der Waals surface area contributed by atoms with Gasteiger partial charge in [0.15, 0.2) is 0 Å². The number of rotatable bonds is 4.